The molecule has 0 saturated heterocycles. The molecule has 0 unspecified atom stereocenters. The summed E-state index contributed by atoms with van der Waals surface area (Å²) in [7, 11) is 2.30. The van der Waals surface area contributed by atoms with Gasteiger partial charge >= 0.3 is 0 Å². The van der Waals surface area contributed by atoms with Gasteiger partial charge in [0.2, 0.25) is 0 Å². The highest BCUT2D eigenvalue weighted by Crippen LogP contribution is 2.32. The van der Waals surface area contributed by atoms with Gasteiger partial charge in [-0.1, -0.05) is 26.2 Å². The summed E-state index contributed by atoms with van der Waals surface area (Å²) in [5.74, 6) is 0.998. The molecule has 0 amide bonds. The average molecular weight is 238 g/mol. The molecule has 2 heteroatoms. The van der Waals surface area contributed by atoms with Crippen LogP contribution in [0.1, 0.15) is 64.7 Å². The van der Waals surface area contributed by atoms with Gasteiger partial charge in [0.15, 0.2) is 0 Å². The lowest BCUT2D eigenvalue weighted by Crippen LogP contribution is -2.50. The quantitative estimate of drug-likeness (QED) is 0.815. The van der Waals surface area contributed by atoms with Gasteiger partial charge in [-0.15, -0.1) is 0 Å². The second-order valence-electron chi connectivity index (χ2n) is 6.57. The normalized spacial score (nSPS) is 33.2. The van der Waals surface area contributed by atoms with Crippen LogP contribution in [0.4, 0.5) is 0 Å². The van der Waals surface area contributed by atoms with Gasteiger partial charge in [-0.25, -0.2) is 0 Å². The summed E-state index contributed by atoms with van der Waals surface area (Å²) in [5, 5.41) is 0. The van der Waals surface area contributed by atoms with Crippen molar-refractivity contribution >= 4 is 0 Å². The Morgan fingerprint density at radius 1 is 1.12 bits per heavy atom. The van der Waals surface area contributed by atoms with E-state index in [0.29, 0.717) is 0 Å². The first-order valence-corrected chi connectivity index (χ1v) is 7.62. The Labute approximate surface area is 107 Å². The van der Waals surface area contributed by atoms with Gasteiger partial charge in [-0.05, 0) is 51.5 Å². The van der Waals surface area contributed by atoms with E-state index in [1.54, 1.807) is 0 Å². The number of nitrogens with two attached hydrogens (primary N) is 1. The molecule has 17 heavy (non-hydrogen) atoms. The zero-order valence-electron chi connectivity index (χ0n) is 11.8. The van der Waals surface area contributed by atoms with Crippen molar-refractivity contribution in [1.29, 1.82) is 0 Å². The number of hydrogen-bond acceptors (Lipinski definition) is 2. The van der Waals surface area contributed by atoms with E-state index in [4.69, 9.17) is 5.73 Å². The minimum Gasteiger partial charge on any atom is -0.324 e. The van der Waals surface area contributed by atoms with Crippen molar-refractivity contribution in [3.05, 3.63) is 0 Å². The van der Waals surface area contributed by atoms with E-state index < -0.39 is 0 Å². The summed E-state index contributed by atoms with van der Waals surface area (Å²) in [6, 6.07) is 0.804. The minimum absolute atomic E-state index is 0.135. The van der Waals surface area contributed by atoms with Crippen LogP contribution < -0.4 is 5.73 Å². The molecule has 2 rings (SSSR count). The zero-order valence-corrected chi connectivity index (χ0v) is 11.8. The van der Waals surface area contributed by atoms with Gasteiger partial charge in [0.25, 0.3) is 0 Å². The van der Waals surface area contributed by atoms with E-state index in [0.717, 1.165) is 18.5 Å². The van der Waals surface area contributed by atoms with Crippen LogP contribution in [-0.4, -0.2) is 30.1 Å². The first-order valence-electron chi connectivity index (χ1n) is 7.62. The first-order chi connectivity index (χ1) is 8.13. The molecule has 100 valence electrons. The highest BCUT2D eigenvalue weighted by Gasteiger charge is 2.33. The predicted octanol–water partition coefficient (Wildman–Crippen LogP) is 3.16. The molecule has 0 bridgehead atoms. The fourth-order valence-electron chi connectivity index (χ4n) is 3.86. The number of hydrogen-bond donors (Lipinski definition) is 1. The number of rotatable bonds is 4. The Hall–Kier alpha value is -0.0800. The lowest BCUT2D eigenvalue weighted by atomic mass is 9.83. The van der Waals surface area contributed by atoms with Crippen molar-refractivity contribution in [3.8, 4) is 0 Å². The van der Waals surface area contributed by atoms with Crippen molar-refractivity contribution in [2.45, 2.75) is 76.3 Å². The molecule has 2 aliphatic rings. The van der Waals surface area contributed by atoms with Crippen molar-refractivity contribution in [3.63, 3.8) is 0 Å². The number of likely N-dealkylation sites (N-methyl/N-ethyl adjacent to an activating group) is 1. The SMILES string of the molecule is CCC1CCC(N(C)CC2(N)CCCC2)CC1. The summed E-state index contributed by atoms with van der Waals surface area (Å²) in [5.41, 5.74) is 6.61. The van der Waals surface area contributed by atoms with Gasteiger partial charge in [0, 0.05) is 18.1 Å². The molecule has 0 heterocycles. The fraction of sp³-hybridized carbons (Fsp3) is 1.00. The second-order valence-corrected chi connectivity index (χ2v) is 6.57. The van der Waals surface area contributed by atoms with Crippen molar-refractivity contribution < 1.29 is 0 Å². The molecule has 2 fully saturated rings. The Morgan fingerprint density at radius 2 is 1.71 bits per heavy atom. The lowest BCUT2D eigenvalue weighted by Gasteiger charge is -2.38. The third-order valence-electron chi connectivity index (χ3n) is 5.18. The van der Waals surface area contributed by atoms with Gasteiger partial charge in [-0.3, -0.25) is 0 Å². The van der Waals surface area contributed by atoms with Crippen LogP contribution in [0.3, 0.4) is 0 Å². The van der Waals surface area contributed by atoms with E-state index in [9.17, 15) is 0 Å². The molecule has 0 spiro atoms. The van der Waals surface area contributed by atoms with E-state index in [1.165, 1.54) is 57.8 Å². The summed E-state index contributed by atoms with van der Waals surface area (Å²) in [6.07, 6.45) is 12.2. The molecule has 0 aromatic rings. The van der Waals surface area contributed by atoms with Crippen molar-refractivity contribution in [2.24, 2.45) is 11.7 Å². The van der Waals surface area contributed by atoms with Crippen LogP contribution in [0.15, 0.2) is 0 Å². The smallest absolute Gasteiger partial charge is 0.0283 e. The van der Waals surface area contributed by atoms with Crippen LogP contribution in [0, 0.1) is 5.92 Å². The van der Waals surface area contributed by atoms with E-state index >= 15 is 0 Å². The Balaban J connectivity index is 1.78. The standard InChI is InChI=1S/C15H30N2/c1-3-13-6-8-14(9-7-13)17(2)12-15(16)10-4-5-11-15/h13-14H,3-12,16H2,1-2H3. The predicted molar refractivity (Wildman–Crippen MR) is 74.1 cm³/mol. The maximum Gasteiger partial charge on any atom is 0.0283 e. The molecule has 2 saturated carbocycles. The van der Waals surface area contributed by atoms with Crippen LogP contribution in [0.25, 0.3) is 0 Å². The third-order valence-corrected chi connectivity index (χ3v) is 5.18. The molecule has 0 atom stereocenters. The third kappa shape index (κ3) is 3.45. The van der Waals surface area contributed by atoms with Gasteiger partial charge < -0.3 is 10.6 Å². The number of nitrogens with zero attached hydrogens (tertiary/aromatic N) is 1. The Morgan fingerprint density at radius 3 is 2.24 bits per heavy atom. The van der Waals surface area contributed by atoms with Gasteiger partial charge in [0.1, 0.15) is 0 Å². The summed E-state index contributed by atoms with van der Waals surface area (Å²) >= 11 is 0. The first kappa shape index (κ1) is 13.4. The molecular formula is C15H30N2. The maximum absolute atomic E-state index is 6.48. The second kappa shape index (κ2) is 5.71. The van der Waals surface area contributed by atoms with Crippen molar-refractivity contribution in [2.75, 3.05) is 13.6 Å². The molecule has 0 radical (unpaired) electrons. The van der Waals surface area contributed by atoms with Gasteiger partial charge in [-0.2, -0.15) is 0 Å². The molecule has 2 aliphatic carbocycles. The lowest BCUT2D eigenvalue weighted by molar-refractivity contribution is 0.135. The highest BCUT2D eigenvalue weighted by molar-refractivity contribution is 4.93. The summed E-state index contributed by atoms with van der Waals surface area (Å²) in [6.45, 7) is 3.45. The Kier molecular flexibility index (Phi) is 4.48. The molecule has 0 aliphatic heterocycles. The monoisotopic (exact) mass is 238 g/mol. The molecular weight excluding hydrogens is 208 g/mol. The van der Waals surface area contributed by atoms with Crippen molar-refractivity contribution in [1.82, 2.24) is 4.90 Å². The topological polar surface area (TPSA) is 29.3 Å². The van der Waals surface area contributed by atoms with Crippen LogP contribution in [0.2, 0.25) is 0 Å². The fourth-order valence-corrected chi connectivity index (χ4v) is 3.86. The largest absolute Gasteiger partial charge is 0.324 e. The van der Waals surface area contributed by atoms with Crippen LogP contribution in [0.5, 0.6) is 0 Å². The van der Waals surface area contributed by atoms with Crippen LogP contribution >= 0.6 is 0 Å². The van der Waals surface area contributed by atoms with E-state index in [2.05, 4.69) is 18.9 Å². The van der Waals surface area contributed by atoms with E-state index in [-0.39, 0.29) is 5.54 Å². The molecule has 0 aromatic heterocycles. The summed E-state index contributed by atoms with van der Waals surface area (Å²) in [4.78, 5) is 2.57. The Bertz CT molecular complexity index is 225. The summed E-state index contributed by atoms with van der Waals surface area (Å²) < 4.78 is 0. The highest BCUT2D eigenvalue weighted by atomic mass is 15.2. The minimum atomic E-state index is 0.135. The van der Waals surface area contributed by atoms with Gasteiger partial charge in [0.05, 0.1) is 0 Å². The van der Waals surface area contributed by atoms with E-state index in [1.807, 2.05) is 0 Å². The molecule has 2 N–H and O–H groups in total. The zero-order chi connectivity index (χ0) is 12.3. The molecule has 0 aromatic carbocycles. The molecule has 2 nitrogen and oxygen atoms in total. The maximum atomic E-state index is 6.48. The average Bonchev–Trinajstić information content (AvgIpc) is 2.76. The van der Waals surface area contributed by atoms with Crippen LogP contribution in [-0.2, 0) is 0 Å².